The predicted molar refractivity (Wildman–Crippen MR) is 100 cm³/mol. The van der Waals surface area contributed by atoms with Gasteiger partial charge in [0, 0.05) is 24.2 Å². The summed E-state index contributed by atoms with van der Waals surface area (Å²) < 4.78 is 37.7. The molecule has 1 amide bonds. The number of amides is 1. The number of nitrogens with zero attached hydrogens (tertiary/aromatic N) is 2. The van der Waals surface area contributed by atoms with E-state index >= 15 is 0 Å². The molecule has 1 N–H and O–H groups in total. The number of carbonyl (C=O) groups is 1. The Kier molecular flexibility index (Phi) is 6.50. The van der Waals surface area contributed by atoms with Crippen molar-refractivity contribution in [3.63, 3.8) is 0 Å². The topological polar surface area (TPSA) is 102 Å². The smallest absolute Gasteiger partial charge is 0.246 e. The summed E-state index contributed by atoms with van der Waals surface area (Å²) in [6, 6.07) is 4.10. The molecule has 0 aliphatic carbocycles. The highest BCUT2D eigenvalue weighted by atomic mass is 35.5. The number of aryl methyl sites for hydroxylation is 2. The van der Waals surface area contributed by atoms with Gasteiger partial charge in [-0.15, -0.1) is 0 Å². The molecule has 1 heterocycles. The van der Waals surface area contributed by atoms with E-state index in [0.717, 1.165) is 0 Å². The molecule has 0 aliphatic heterocycles. The first-order valence-electron chi connectivity index (χ1n) is 8.09. The molecule has 1 atom stereocenters. The summed E-state index contributed by atoms with van der Waals surface area (Å²) in [6.45, 7) is 4.71. The highest BCUT2D eigenvalue weighted by Crippen LogP contribution is 2.24. The van der Waals surface area contributed by atoms with E-state index in [1.165, 1.54) is 32.8 Å². The minimum atomic E-state index is -3.95. The van der Waals surface area contributed by atoms with E-state index in [4.69, 9.17) is 20.9 Å². The van der Waals surface area contributed by atoms with Gasteiger partial charge in [0.2, 0.25) is 15.9 Å². The SMILES string of the molecule is COc1ccc(Cl)cc1CN(C)C(=O)[C@H](C)NS(=O)(=O)c1c(C)noc1C. The third kappa shape index (κ3) is 4.79. The number of likely N-dealkylation sites (N-methyl/N-ethyl adjacent to an activating group) is 1. The molecular formula is C17H22ClN3O5S. The van der Waals surface area contributed by atoms with Crippen LogP contribution in [0, 0.1) is 13.8 Å². The van der Waals surface area contributed by atoms with E-state index in [1.54, 1.807) is 25.2 Å². The molecule has 2 aromatic rings. The third-order valence-corrected chi connectivity index (χ3v) is 5.98. The molecule has 0 saturated heterocycles. The lowest BCUT2D eigenvalue weighted by Gasteiger charge is -2.23. The van der Waals surface area contributed by atoms with Gasteiger partial charge < -0.3 is 14.2 Å². The lowest BCUT2D eigenvalue weighted by atomic mass is 10.2. The molecule has 10 heteroatoms. The van der Waals surface area contributed by atoms with E-state index in [-0.39, 0.29) is 22.9 Å². The zero-order valence-corrected chi connectivity index (χ0v) is 17.3. The predicted octanol–water partition coefficient (Wildman–Crippen LogP) is 2.28. The van der Waals surface area contributed by atoms with E-state index in [2.05, 4.69) is 9.88 Å². The fourth-order valence-corrected chi connectivity index (χ4v) is 4.46. The van der Waals surface area contributed by atoms with Crippen LogP contribution in [0.15, 0.2) is 27.6 Å². The highest BCUT2D eigenvalue weighted by Gasteiger charge is 2.29. The maximum Gasteiger partial charge on any atom is 0.246 e. The standard InChI is InChI=1S/C17H22ClN3O5S/c1-10-16(12(3)26-19-10)27(23,24)20-11(2)17(22)21(4)9-13-8-14(18)6-7-15(13)25-5/h6-8,11,20H,9H2,1-5H3/t11-/m0/s1. The number of hydrogen-bond acceptors (Lipinski definition) is 6. The van der Waals surface area contributed by atoms with E-state index < -0.39 is 22.0 Å². The van der Waals surface area contributed by atoms with Crippen molar-refractivity contribution in [1.29, 1.82) is 0 Å². The Bertz CT molecular complexity index is 923. The number of methoxy groups -OCH3 is 1. The molecular weight excluding hydrogens is 394 g/mol. The minimum absolute atomic E-state index is 0.0543. The maximum atomic E-state index is 12.6. The van der Waals surface area contributed by atoms with E-state index in [0.29, 0.717) is 16.3 Å². The summed E-state index contributed by atoms with van der Waals surface area (Å²) in [5, 5.41) is 4.15. The van der Waals surface area contributed by atoms with Crippen LogP contribution < -0.4 is 9.46 Å². The van der Waals surface area contributed by atoms with Crippen molar-refractivity contribution in [1.82, 2.24) is 14.8 Å². The van der Waals surface area contributed by atoms with E-state index in [1.807, 2.05) is 0 Å². The van der Waals surface area contributed by atoms with Crippen molar-refractivity contribution in [2.75, 3.05) is 14.2 Å². The Balaban J connectivity index is 2.14. The van der Waals surface area contributed by atoms with Crippen molar-refractivity contribution in [2.45, 2.75) is 38.3 Å². The highest BCUT2D eigenvalue weighted by molar-refractivity contribution is 7.89. The molecule has 1 aromatic heterocycles. The molecule has 1 aromatic carbocycles. The first kappa shape index (κ1) is 21.2. The molecule has 0 aliphatic rings. The molecule has 0 fully saturated rings. The van der Waals surface area contributed by atoms with Crippen LogP contribution in [0.2, 0.25) is 5.02 Å². The number of carbonyl (C=O) groups excluding carboxylic acids is 1. The fraction of sp³-hybridized carbons (Fsp3) is 0.412. The summed E-state index contributed by atoms with van der Waals surface area (Å²) in [5.74, 6) is 0.340. The molecule has 0 radical (unpaired) electrons. The van der Waals surface area contributed by atoms with Gasteiger partial charge in [0.15, 0.2) is 5.76 Å². The number of benzene rings is 1. The zero-order chi connectivity index (χ0) is 20.4. The van der Waals surface area contributed by atoms with Gasteiger partial charge in [-0.25, -0.2) is 8.42 Å². The molecule has 0 spiro atoms. The van der Waals surface area contributed by atoms with Gasteiger partial charge in [0.1, 0.15) is 16.3 Å². The van der Waals surface area contributed by atoms with Gasteiger partial charge >= 0.3 is 0 Å². The molecule has 148 valence electrons. The molecule has 8 nitrogen and oxygen atoms in total. The maximum absolute atomic E-state index is 12.6. The average Bonchev–Trinajstić information content (AvgIpc) is 2.93. The van der Waals surface area contributed by atoms with Crippen LogP contribution in [0.3, 0.4) is 0 Å². The molecule has 0 saturated carbocycles. The van der Waals surface area contributed by atoms with Crippen LogP contribution in [0.1, 0.15) is 23.9 Å². The molecule has 2 rings (SSSR count). The van der Waals surface area contributed by atoms with Gasteiger partial charge in [-0.1, -0.05) is 16.8 Å². The van der Waals surface area contributed by atoms with Gasteiger partial charge in [-0.2, -0.15) is 4.72 Å². The molecule has 0 bridgehead atoms. The lowest BCUT2D eigenvalue weighted by Crippen LogP contribution is -2.45. The zero-order valence-electron chi connectivity index (χ0n) is 15.7. The van der Waals surface area contributed by atoms with Crippen molar-refractivity contribution >= 4 is 27.5 Å². The second kappa shape index (κ2) is 8.28. The summed E-state index contributed by atoms with van der Waals surface area (Å²) in [4.78, 5) is 14.0. The number of rotatable bonds is 7. The van der Waals surface area contributed by atoms with Crippen molar-refractivity contribution in [3.05, 3.63) is 40.2 Å². The second-order valence-electron chi connectivity index (χ2n) is 6.15. The minimum Gasteiger partial charge on any atom is -0.496 e. The Labute approximate surface area is 163 Å². The van der Waals surface area contributed by atoms with E-state index in [9.17, 15) is 13.2 Å². The summed E-state index contributed by atoms with van der Waals surface area (Å²) in [7, 11) is -0.852. The lowest BCUT2D eigenvalue weighted by molar-refractivity contribution is -0.131. The third-order valence-electron chi connectivity index (χ3n) is 3.97. The van der Waals surface area contributed by atoms with Crippen LogP contribution >= 0.6 is 11.6 Å². The van der Waals surface area contributed by atoms with Crippen molar-refractivity contribution < 1.29 is 22.5 Å². The molecule has 27 heavy (non-hydrogen) atoms. The van der Waals surface area contributed by atoms with Crippen LogP contribution in [0.5, 0.6) is 5.75 Å². The summed E-state index contributed by atoms with van der Waals surface area (Å²) in [5.41, 5.74) is 0.943. The average molecular weight is 416 g/mol. The van der Waals surface area contributed by atoms with Crippen LogP contribution in [0.4, 0.5) is 0 Å². The van der Waals surface area contributed by atoms with Crippen LogP contribution in [-0.2, 0) is 21.4 Å². The number of aromatic nitrogens is 1. The fourth-order valence-electron chi connectivity index (χ4n) is 2.74. The largest absolute Gasteiger partial charge is 0.496 e. The van der Waals surface area contributed by atoms with Crippen LogP contribution in [0.25, 0.3) is 0 Å². The Hall–Kier alpha value is -2.10. The number of halogens is 1. The normalized spacial score (nSPS) is 12.7. The molecule has 0 unspecified atom stereocenters. The Morgan fingerprint density at radius 3 is 2.63 bits per heavy atom. The van der Waals surface area contributed by atoms with Crippen molar-refractivity contribution in [2.24, 2.45) is 0 Å². The number of hydrogen-bond donors (Lipinski definition) is 1. The first-order chi connectivity index (χ1) is 12.6. The van der Waals surface area contributed by atoms with Crippen molar-refractivity contribution in [3.8, 4) is 5.75 Å². The summed E-state index contributed by atoms with van der Waals surface area (Å²) >= 11 is 6.01. The van der Waals surface area contributed by atoms with Gasteiger partial charge in [0.05, 0.1) is 13.2 Å². The number of sulfonamides is 1. The first-order valence-corrected chi connectivity index (χ1v) is 9.95. The Morgan fingerprint density at radius 2 is 2.07 bits per heavy atom. The van der Waals surface area contributed by atoms with Gasteiger partial charge in [0.25, 0.3) is 0 Å². The Morgan fingerprint density at radius 1 is 1.41 bits per heavy atom. The van der Waals surface area contributed by atoms with Gasteiger partial charge in [-0.05, 0) is 39.0 Å². The second-order valence-corrected chi connectivity index (χ2v) is 8.23. The summed E-state index contributed by atoms with van der Waals surface area (Å²) in [6.07, 6.45) is 0. The van der Waals surface area contributed by atoms with Crippen LogP contribution in [-0.4, -0.2) is 44.6 Å². The monoisotopic (exact) mass is 415 g/mol. The quantitative estimate of drug-likeness (QED) is 0.744. The van der Waals surface area contributed by atoms with Gasteiger partial charge in [-0.3, -0.25) is 4.79 Å². The number of ether oxygens (including phenoxy) is 1. The number of nitrogens with one attached hydrogen (secondary N) is 1.